The van der Waals surface area contributed by atoms with Gasteiger partial charge in [0.2, 0.25) is 5.95 Å². The molecule has 23 heavy (non-hydrogen) atoms. The van der Waals surface area contributed by atoms with Gasteiger partial charge in [-0.3, -0.25) is 15.2 Å². The summed E-state index contributed by atoms with van der Waals surface area (Å²) in [6.07, 6.45) is 0. The Balaban J connectivity index is 1.78. The lowest BCUT2D eigenvalue weighted by atomic mass is 10.2. The molecule has 0 aliphatic heterocycles. The van der Waals surface area contributed by atoms with Gasteiger partial charge >= 0.3 is 0 Å². The van der Waals surface area contributed by atoms with E-state index in [1.54, 1.807) is 0 Å². The summed E-state index contributed by atoms with van der Waals surface area (Å²) in [5.41, 5.74) is 0.367. The quantitative estimate of drug-likeness (QED) is 0.779. The maximum absolute atomic E-state index is 13.1. The van der Waals surface area contributed by atoms with E-state index in [1.807, 2.05) is 0 Å². The van der Waals surface area contributed by atoms with Crippen LogP contribution in [0, 0.1) is 17.5 Å². The number of H-pyrrole nitrogens is 1. The van der Waals surface area contributed by atoms with E-state index in [1.165, 1.54) is 24.3 Å². The SMILES string of the molecule is O=C(Nc1n[nH]c(-c2ccc(F)cc2)n1)c1cc(F)cc(F)c1. The number of nitrogens with zero attached hydrogens (tertiary/aromatic N) is 2. The minimum Gasteiger partial charge on any atom is -0.289 e. The normalized spacial score (nSPS) is 10.6. The summed E-state index contributed by atoms with van der Waals surface area (Å²) < 4.78 is 39.1. The van der Waals surface area contributed by atoms with Crippen molar-refractivity contribution in [2.45, 2.75) is 0 Å². The molecule has 1 aromatic heterocycles. The first kappa shape index (κ1) is 14.8. The fourth-order valence-corrected chi connectivity index (χ4v) is 1.91. The molecule has 1 amide bonds. The van der Waals surface area contributed by atoms with Crippen LogP contribution in [0.3, 0.4) is 0 Å². The van der Waals surface area contributed by atoms with Crippen molar-refractivity contribution in [2.24, 2.45) is 0 Å². The highest BCUT2D eigenvalue weighted by Gasteiger charge is 2.13. The third-order valence-corrected chi connectivity index (χ3v) is 2.95. The van der Waals surface area contributed by atoms with Gasteiger partial charge in [-0.15, -0.1) is 5.10 Å². The lowest BCUT2D eigenvalue weighted by molar-refractivity contribution is 0.102. The zero-order valence-electron chi connectivity index (χ0n) is 11.5. The average molecular weight is 318 g/mol. The number of rotatable bonds is 3. The summed E-state index contributed by atoms with van der Waals surface area (Å²) in [4.78, 5) is 15.9. The van der Waals surface area contributed by atoms with Gasteiger partial charge < -0.3 is 0 Å². The van der Waals surface area contributed by atoms with Gasteiger partial charge in [0, 0.05) is 17.2 Å². The Kier molecular flexibility index (Phi) is 3.80. The zero-order chi connectivity index (χ0) is 16.4. The fourth-order valence-electron chi connectivity index (χ4n) is 1.91. The number of amides is 1. The number of nitrogens with one attached hydrogen (secondary N) is 2. The Morgan fingerprint density at radius 2 is 1.61 bits per heavy atom. The van der Waals surface area contributed by atoms with Crippen LogP contribution in [0.4, 0.5) is 19.1 Å². The number of benzene rings is 2. The lowest BCUT2D eigenvalue weighted by Crippen LogP contribution is -2.13. The van der Waals surface area contributed by atoms with Crippen molar-refractivity contribution < 1.29 is 18.0 Å². The van der Waals surface area contributed by atoms with Gasteiger partial charge in [0.15, 0.2) is 5.82 Å². The van der Waals surface area contributed by atoms with Crippen LogP contribution in [0.5, 0.6) is 0 Å². The summed E-state index contributed by atoms with van der Waals surface area (Å²) in [6, 6.07) is 7.94. The first-order valence-electron chi connectivity index (χ1n) is 6.47. The molecule has 3 rings (SSSR count). The molecule has 8 heteroatoms. The van der Waals surface area contributed by atoms with Crippen LogP contribution >= 0.6 is 0 Å². The molecule has 0 aliphatic carbocycles. The number of aromatic nitrogens is 3. The highest BCUT2D eigenvalue weighted by molar-refractivity contribution is 6.03. The molecule has 0 atom stereocenters. The maximum Gasteiger partial charge on any atom is 0.258 e. The summed E-state index contributed by atoms with van der Waals surface area (Å²) in [5.74, 6) is -2.64. The van der Waals surface area contributed by atoms with Gasteiger partial charge in [-0.2, -0.15) is 4.98 Å². The van der Waals surface area contributed by atoms with E-state index in [2.05, 4.69) is 20.5 Å². The van der Waals surface area contributed by atoms with Crippen molar-refractivity contribution in [3.05, 3.63) is 65.5 Å². The summed E-state index contributed by atoms with van der Waals surface area (Å²) in [6.45, 7) is 0. The highest BCUT2D eigenvalue weighted by atomic mass is 19.1. The molecule has 1 heterocycles. The van der Waals surface area contributed by atoms with Gasteiger partial charge in [-0.25, -0.2) is 13.2 Å². The molecule has 0 spiro atoms. The molecule has 5 nitrogen and oxygen atoms in total. The second-order valence-corrected chi connectivity index (χ2v) is 4.63. The molecular weight excluding hydrogens is 309 g/mol. The van der Waals surface area contributed by atoms with E-state index in [9.17, 15) is 18.0 Å². The number of halogens is 3. The average Bonchev–Trinajstić information content (AvgIpc) is 2.95. The number of aromatic amines is 1. The second kappa shape index (κ2) is 5.91. The van der Waals surface area contributed by atoms with Crippen LogP contribution < -0.4 is 5.32 Å². The highest BCUT2D eigenvalue weighted by Crippen LogP contribution is 2.17. The second-order valence-electron chi connectivity index (χ2n) is 4.63. The van der Waals surface area contributed by atoms with Crippen LogP contribution in [-0.4, -0.2) is 21.1 Å². The maximum atomic E-state index is 13.1. The monoisotopic (exact) mass is 318 g/mol. The topological polar surface area (TPSA) is 70.7 Å². The van der Waals surface area contributed by atoms with E-state index in [0.717, 1.165) is 12.1 Å². The minimum atomic E-state index is -0.864. The van der Waals surface area contributed by atoms with Gasteiger partial charge in [-0.05, 0) is 36.4 Å². The molecule has 116 valence electrons. The minimum absolute atomic E-state index is 0.0704. The standard InChI is InChI=1S/C15H9F3N4O/c16-10-3-1-8(2-4-10)13-19-15(22-21-13)20-14(23)9-5-11(17)7-12(18)6-9/h1-7H,(H2,19,20,21,22,23). The summed E-state index contributed by atoms with van der Waals surface area (Å²) in [7, 11) is 0. The molecule has 0 radical (unpaired) electrons. The Bertz CT molecular complexity index is 841. The largest absolute Gasteiger partial charge is 0.289 e. The summed E-state index contributed by atoms with van der Waals surface area (Å²) >= 11 is 0. The van der Waals surface area contributed by atoms with Crippen LogP contribution in [0.25, 0.3) is 11.4 Å². The van der Waals surface area contributed by atoms with Gasteiger partial charge in [0.1, 0.15) is 17.5 Å². The molecule has 0 fully saturated rings. The van der Waals surface area contributed by atoms with E-state index >= 15 is 0 Å². The Morgan fingerprint density at radius 3 is 2.26 bits per heavy atom. The van der Waals surface area contributed by atoms with E-state index < -0.39 is 23.4 Å². The third kappa shape index (κ3) is 3.37. The number of hydrogen-bond acceptors (Lipinski definition) is 3. The van der Waals surface area contributed by atoms with E-state index in [0.29, 0.717) is 17.5 Å². The van der Waals surface area contributed by atoms with Crippen LogP contribution in [-0.2, 0) is 0 Å². The Labute approximate surface area is 128 Å². The van der Waals surface area contributed by atoms with Gasteiger partial charge in [0.05, 0.1) is 0 Å². The van der Waals surface area contributed by atoms with E-state index in [4.69, 9.17) is 0 Å². The van der Waals surface area contributed by atoms with Crippen LogP contribution in [0.2, 0.25) is 0 Å². The molecule has 0 unspecified atom stereocenters. The lowest BCUT2D eigenvalue weighted by Gasteiger charge is -2.01. The van der Waals surface area contributed by atoms with Gasteiger partial charge in [0.25, 0.3) is 5.91 Å². The first-order chi connectivity index (χ1) is 11.0. The third-order valence-electron chi connectivity index (χ3n) is 2.95. The first-order valence-corrected chi connectivity index (χ1v) is 6.47. The van der Waals surface area contributed by atoms with Crippen molar-refractivity contribution >= 4 is 11.9 Å². The molecule has 0 bridgehead atoms. The Hall–Kier alpha value is -3.16. The van der Waals surface area contributed by atoms with Crippen molar-refractivity contribution in [1.82, 2.24) is 15.2 Å². The molecule has 0 aliphatic rings. The number of carbonyl (C=O) groups is 1. The predicted octanol–water partition coefficient (Wildman–Crippen LogP) is 3.14. The fraction of sp³-hybridized carbons (Fsp3) is 0. The molecule has 3 aromatic rings. The van der Waals surface area contributed by atoms with E-state index in [-0.39, 0.29) is 11.5 Å². The number of carbonyl (C=O) groups excluding carboxylic acids is 1. The zero-order valence-corrected chi connectivity index (χ0v) is 11.5. The van der Waals surface area contributed by atoms with Gasteiger partial charge in [-0.1, -0.05) is 0 Å². The van der Waals surface area contributed by atoms with Crippen molar-refractivity contribution in [3.8, 4) is 11.4 Å². The molecule has 2 N–H and O–H groups in total. The molecular formula is C15H9F3N4O. The Morgan fingerprint density at radius 1 is 0.957 bits per heavy atom. The smallest absolute Gasteiger partial charge is 0.258 e. The van der Waals surface area contributed by atoms with Crippen LogP contribution in [0.15, 0.2) is 42.5 Å². The molecule has 0 saturated carbocycles. The summed E-state index contributed by atoms with van der Waals surface area (Å²) in [5, 5.41) is 8.67. The predicted molar refractivity (Wildman–Crippen MR) is 76.1 cm³/mol. The molecule has 0 saturated heterocycles. The van der Waals surface area contributed by atoms with Crippen molar-refractivity contribution in [3.63, 3.8) is 0 Å². The molecule has 2 aromatic carbocycles. The van der Waals surface area contributed by atoms with Crippen molar-refractivity contribution in [1.29, 1.82) is 0 Å². The van der Waals surface area contributed by atoms with Crippen molar-refractivity contribution in [2.75, 3.05) is 5.32 Å². The number of hydrogen-bond donors (Lipinski definition) is 2. The van der Waals surface area contributed by atoms with Crippen LogP contribution in [0.1, 0.15) is 10.4 Å². The number of anilines is 1.